The topological polar surface area (TPSA) is 32.7 Å². The Morgan fingerprint density at radius 2 is 1.76 bits per heavy atom. The highest BCUT2D eigenvalue weighted by atomic mass is 19.1. The standard InChI is InChI=1S/C25H27FN2O/c1-17-7-9-20(10-8-17)23-24(29)28(25(27-23)11-5-4-6-12-25)16-19(3)21-13-18(2)14-22(26)15-21/h7-10,13-15H,3-6,11-12,16H2,1-2H3. The molecule has 3 nitrogen and oxygen atoms in total. The van der Waals surface area contributed by atoms with E-state index in [9.17, 15) is 9.18 Å². The Morgan fingerprint density at radius 1 is 1.07 bits per heavy atom. The summed E-state index contributed by atoms with van der Waals surface area (Å²) in [5.41, 5.74) is 4.38. The Labute approximate surface area is 172 Å². The number of carbonyl (C=O) groups excluding carboxylic acids is 1. The van der Waals surface area contributed by atoms with E-state index < -0.39 is 5.66 Å². The van der Waals surface area contributed by atoms with Gasteiger partial charge in [-0.05, 0) is 68.4 Å². The molecule has 4 rings (SSSR count). The van der Waals surface area contributed by atoms with Crippen LogP contribution < -0.4 is 0 Å². The molecule has 1 heterocycles. The third-order valence-electron chi connectivity index (χ3n) is 6.05. The predicted molar refractivity (Wildman–Crippen MR) is 115 cm³/mol. The van der Waals surface area contributed by atoms with Gasteiger partial charge in [0.2, 0.25) is 0 Å². The van der Waals surface area contributed by atoms with E-state index in [1.165, 1.54) is 18.6 Å². The average Bonchev–Trinajstić information content (AvgIpc) is 2.94. The summed E-state index contributed by atoms with van der Waals surface area (Å²) < 4.78 is 13.9. The van der Waals surface area contributed by atoms with Crippen molar-refractivity contribution in [2.45, 2.75) is 51.6 Å². The van der Waals surface area contributed by atoms with Crippen LogP contribution in [0.3, 0.4) is 0 Å². The summed E-state index contributed by atoms with van der Waals surface area (Å²) >= 11 is 0. The van der Waals surface area contributed by atoms with Gasteiger partial charge in [-0.15, -0.1) is 0 Å². The van der Waals surface area contributed by atoms with Crippen molar-refractivity contribution in [1.82, 2.24) is 4.90 Å². The maximum absolute atomic E-state index is 13.9. The molecule has 29 heavy (non-hydrogen) atoms. The van der Waals surface area contributed by atoms with E-state index in [1.54, 1.807) is 0 Å². The third-order valence-corrected chi connectivity index (χ3v) is 6.05. The first-order valence-electron chi connectivity index (χ1n) is 10.3. The third kappa shape index (κ3) is 3.76. The molecule has 0 radical (unpaired) electrons. The van der Waals surface area contributed by atoms with Crippen molar-refractivity contribution in [3.8, 4) is 0 Å². The summed E-state index contributed by atoms with van der Waals surface area (Å²) in [6, 6.07) is 12.9. The molecule has 1 aliphatic carbocycles. The lowest BCUT2D eigenvalue weighted by Crippen LogP contribution is -2.48. The zero-order valence-electron chi connectivity index (χ0n) is 17.2. The molecular formula is C25H27FN2O. The van der Waals surface area contributed by atoms with E-state index in [0.717, 1.165) is 53.5 Å². The summed E-state index contributed by atoms with van der Waals surface area (Å²) in [6.45, 7) is 8.44. The van der Waals surface area contributed by atoms with Crippen LogP contribution in [0.1, 0.15) is 54.4 Å². The van der Waals surface area contributed by atoms with Crippen molar-refractivity contribution in [1.29, 1.82) is 0 Å². The van der Waals surface area contributed by atoms with Crippen LogP contribution in [0.25, 0.3) is 5.57 Å². The van der Waals surface area contributed by atoms with Gasteiger partial charge in [-0.25, -0.2) is 4.39 Å². The van der Waals surface area contributed by atoms with Crippen molar-refractivity contribution in [3.05, 3.63) is 77.1 Å². The van der Waals surface area contributed by atoms with Gasteiger partial charge in [0.15, 0.2) is 0 Å². The molecule has 0 saturated heterocycles. The number of benzene rings is 2. The molecule has 0 aromatic heterocycles. The molecule has 0 N–H and O–H groups in total. The number of aryl methyl sites for hydroxylation is 2. The molecule has 2 aromatic rings. The lowest BCUT2D eigenvalue weighted by molar-refractivity contribution is -0.127. The van der Waals surface area contributed by atoms with Crippen LogP contribution >= 0.6 is 0 Å². The van der Waals surface area contributed by atoms with E-state index in [2.05, 4.69) is 6.58 Å². The van der Waals surface area contributed by atoms with Crippen LogP contribution in [-0.2, 0) is 4.79 Å². The molecule has 0 bridgehead atoms. The number of halogens is 1. The first kappa shape index (κ1) is 19.6. The number of hydrogen-bond donors (Lipinski definition) is 0. The molecule has 1 spiro atoms. The SMILES string of the molecule is C=C(CN1C(=O)C(c2ccc(C)cc2)=NC12CCCCC2)c1cc(C)cc(F)c1. The maximum Gasteiger partial charge on any atom is 0.274 e. The van der Waals surface area contributed by atoms with Gasteiger partial charge in [-0.2, -0.15) is 0 Å². The van der Waals surface area contributed by atoms with Crippen LogP contribution in [0.4, 0.5) is 4.39 Å². The Morgan fingerprint density at radius 3 is 2.41 bits per heavy atom. The van der Waals surface area contributed by atoms with Crippen molar-refractivity contribution in [2.75, 3.05) is 6.54 Å². The molecule has 1 fully saturated rings. The molecule has 4 heteroatoms. The van der Waals surface area contributed by atoms with Crippen LogP contribution in [0, 0.1) is 19.7 Å². The highest BCUT2D eigenvalue weighted by Crippen LogP contribution is 2.40. The maximum atomic E-state index is 13.9. The zero-order valence-corrected chi connectivity index (χ0v) is 17.2. The lowest BCUT2D eigenvalue weighted by atomic mass is 9.88. The van der Waals surface area contributed by atoms with E-state index in [-0.39, 0.29) is 11.7 Å². The highest BCUT2D eigenvalue weighted by Gasteiger charge is 2.47. The number of carbonyl (C=O) groups is 1. The Hall–Kier alpha value is -2.75. The molecule has 1 aliphatic heterocycles. The van der Waals surface area contributed by atoms with E-state index in [0.29, 0.717) is 12.3 Å². The molecular weight excluding hydrogens is 363 g/mol. The van der Waals surface area contributed by atoms with Crippen molar-refractivity contribution >= 4 is 17.2 Å². The molecule has 0 atom stereocenters. The fourth-order valence-electron chi connectivity index (χ4n) is 4.47. The van der Waals surface area contributed by atoms with Gasteiger partial charge >= 0.3 is 0 Å². The number of hydrogen-bond acceptors (Lipinski definition) is 2. The lowest BCUT2D eigenvalue weighted by Gasteiger charge is -2.39. The summed E-state index contributed by atoms with van der Waals surface area (Å²) in [7, 11) is 0. The summed E-state index contributed by atoms with van der Waals surface area (Å²) in [6.07, 6.45) is 5.01. The second kappa shape index (κ2) is 7.58. The van der Waals surface area contributed by atoms with Gasteiger partial charge in [0.05, 0.1) is 0 Å². The normalized spacial score (nSPS) is 18.2. The fourth-order valence-corrected chi connectivity index (χ4v) is 4.47. The van der Waals surface area contributed by atoms with Gasteiger partial charge in [0.1, 0.15) is 17.2 Å². The van der Waals surface area contributed by atoms with Crippen LogP contribution in [0.2, 0.25) is 0 Å². The van der Waals surface area contributed by atoms with E-state index in [4.69, 9.17) is 4.99 Å². The number of rotatable bonds is 4. The Balaban J connectivity index is 1.67. The summed E-state index contributed by atoms with van der Waals surface area (Å²) in [5, 5.41) is 0. The minimum atomic E-state index is -0.499. The average molecular weight is 391 g/mol. The summed E-state index contributed by atoms with van der Waals surface area (Å²) in [5.74, 6) is -0.331. The van der Waals surface area contributed by atoms with Crippen molar-refractivity contribution in [2.24, 2.45) is 4.99 Å². The zero-order chi connectivity index (χ0) is 20.6. The van der Waals surface area contributed by atoms with Gasteiger partial charge in [-0.3, -0.25) is 9.79 Å². The molecule has 150 valence electrons. The monoisotopic (exact) mass is 390 g/mol. The first-order chi connectivity index (χ1) is 13.9. The highest BCUT2D eigenvalue weighted by molar-refractivity contribution is 6.46. The minimum Gasteiger partial charge on any atom is -0.308 e. The largest absolute Gasteiger partial charge is 0.308 e. The number of nitrogens with zero attached hydrogens (tertiary/aromatic N) is 2. The fraction of sp³-hybridized carbons (Fsp3) is 0.360. The minimum absolute atomic E-state index is 0.0509. The Bertz CT molecular complexity index is 964. The number of aliphatic imine (C=N–C) groups is 1. The van der Waals surface area contributed by atoms with Gasteiger partial charge in [0.25, 0.3) is 5.91 Å². The Kier molecular flexibility index (Phi) is 5.12. The number of amides is 1. The van der Waals surface area contributed by atoms with Crippen LogP contribution in [0.5, 0.6) is 0 Å². The van der Waals surface area contributed by atoms with Crippen molar-refractivity contribution in [3.63, 3.8) is 0 Å². The second-order valence-electron chi connectivity index (χ2n) is 8.38. The van der Waals surface area contributed by atoms with Gasteiger partial charge in [-0.1, -0.05) is 48.9 Å². The molecule has 1 saturated carbocycles. The van der Waals surface area contributed by atoms with Gasteiger partial charge in [0, 0.05) is 12.1 Å². The summed E-state index contributed by atoms with van der Waals surface area (Å²) in [4.78, 5) is 20.3. The quantitative estimate of drug-likeness (QED) is 0.683. The molecule has 2 aromatic carbocycles. The van der Waals surface area contributed by atoms with E-state index in [1.807, 2.05) is 49.1 Å². The van der Waals surface area contributed by atoms with Crippen LogP contribution in [0.15, 0.2) is 54.0 Å². The molecule has 0 unspecified atom stereocenters. The van der Waals surface area contributed by atoms with Gasteiger partial charge < -0.3 is 4.90 Å². The van der Waals surface area contributed by atoms with Crippen LogP contribution in [-0.4, -0.2) is 28.7 Å². The molecule has 1 amide bonds. The first-order valence-corrected chi connectivity index (χ1v) is 10.3. The molecule has 2 aliphatic rings. The van der Waals surface area contributed by atoms with E-state index >= 15 is 0 Å². The second-order valence-corrected chi connectivity index (χ2v) is 8.38. The smallest absolute Gasteiger partial charge is 0.274 e. The predicted octanol–water partition coefficient (Wildman–Crippen LogP) is 5.45. The van der Waals surface area contributed by atoms with Crippen molar-refractivity contribution < 1.29 is 9.18 Å².